The van der Waals surface area contributed by atoms with Crippen molar-refractivity contribution in [3.05, 3.63) is 107 Å². The molecule has 0 radical (unpaired) electrons. The van der Waals surface area contributed by atoms with E-state index >= 15 is 0 Å². The summed E-state index contributed by atoms with van der Waals surface area (Å²) in [6, 6.07) is 25.7. The Bertz CT molecular complexity index is 1400. The number of esters is 2. The number of ether oxygens (including phenoxy) is 3. The Hall–Kier alpha value is -4.58. The van der Waals surface area contributed by atoms with Gasteiger partial charge in [-0.1, -0.05) is 36.4 Å². The van der Waals surface area contributed by atoms with E-state index in [1.54, 1.807) is 43.5 Å². The average molecular weight is 525 g/mol. The van der Waals surface area contributed by atoms with Crippen LogP contribution >= 0.6 is 0 Å². The maximum absolute atomic E-state index is 12.5. The van der Waals surface area contributed by atoms with Gasteiger partial charge in [-0.2, -0.15) is 0 Å². The van der Waals surface area contributed by atoms with Gasteiger partial charge in [0, 0.05) is 12.8 Å². The largest absolute Gasteiger partial charge is 0.508 e. The van der Waals surface area contributed by atoms with Crippen LogP contribution in [0.3, 0.4) is 0 Å². The zero-order valence-electron chi connectivity index (χ0n) is 22.4. The third kappa shape index (κ3) is 7.71. The standard InChI is InChI=1S/C33H32O6/c1-22-20-27(21-23(2)33(22)39-32(36)19-9-25-6-14-29(37-3)15-7-25)26-10-16-30(17-11-26)38-31(35)18-8-24-4-12-28(34)13-5-24/h4-7,10-17,20-21,34H,8-9,18-19H2,1-3H3. The molecule has 1 N–H and O–H groups in total. The van der Waals surface area contributed by atoms with Gasteiger partial charge in [0.2, 0.25) is 0 Å². The summed E-state index contributed by atoms with van der Waals surface area (Å²) in [4.78, 5) is 24.8. The normalized spacial score (nSPS) is 10.6. The Morgan fingerprint density at radius 2 is 1.13 bits per heavy atom. The summed E-state index contributed by atoms with van der Waals surface area (Å²) in [6.45, 7) is 3.85. The minimum absolute atomic E-state index is 0.197. The number of aromatic hydroxyl groups is 1. The van der Waals surface area contributed by atoms with Gasteiger partial charge in [0.15, 0.2) is 0 Å². The molecule has 0 saturated carbocycles. The van der Waals surface area contributed by atoms with E-state index in [0.29, 0.717) is 24.3 Å². The SMILES string of the molecule is COc1ccc(CCC(=O)Oc2c(C)cc(-c3ccc(OC(=O)CCc4ccc(O)cc4)cc3)cc2C)cc1. The Kier molecular flexibility index (Phi) is 9.00. The number of methoxy groups -OCH3 is 1. The first-order chi connectivity index (χ1) is 18.8. The third-order valence-electron chi connectivity index (χ3n) is 6.43. The second-order valence-corrected chi connectivity index (χ2v) is 9.43. The predicted molar refractivity (Wildman–Crippen MR) is 150 cm³/mol. The van der Waals surface area contributed by atoms with E-state index in [4.69, 9.17) is 14.2 Å². The van der Waals surface area contributed by atoms with Crippen LogP contribution in [0.5, 0.6) is 23.0 Å². The molecule has 4 aromatic carbocycles. The van der Waals surface area contributed by atoms with Crippen LogP contribution < -0.4 is 14.2 Å². The lowest BCUT2D eigenvalue weighted by atomic mass is 9.99. The molecule has 0 aliphatic heterocycles. The molecule has 6 heteroatoms. The second kappa shape index (κ2) is 12.8. The van der Waals surface area contributed by atoms with Crippen LogP contribution in [0.4, 0.5) is 0 Å². The predicted octanol–water partition coefficient (Wildman–Crippen LogP) is 6.76. The van der Waals surface area contributed by atoms with Gasteiger partial charge in [0.05, 0.1) is 7.11 Å². The molecular weight excluding hydrogens is 492 g/mol. The molecule has 0 atom stereocenters. The van der Waals surface area contributed by atoms with Crippen LogP contribution in [-0.2, 0) is 22.4 Å². The van der Waals surface area contributed by atoms with Gasteiger partial charge in [-0.3, -0.25) is 9.59 Å². The molecule has 0 aliphatic carbocycles. The number of benzene rings is 4. The molecular formula is C33H32O6. The van der Waals surface area contributed by atoms with Gasteiger partial charge in [0.1, 0.15) is 23.0 Å². The summed E-state index contributed by atoms with van der Waals surface area (Å²) < 4.78 is 16.4. The Morgan fingerprint density at radius 3 is 1.67 bits per heavy atom. The molecule has 200 valence electrons. The van der Waals surface area contributed by atoms with Gasteiger partial charge < -0.3 is 19.3 Å². The van der Waals surface area contributed by atoms with E-state index in [2.05, 4.69) is 0 Å². The van der Waals surface area contributed by atoms with E-state index in [1.807, 2.05) is 62.4 Å². The molecule has 0 unspecified atom stereocenters. The molecule has 0 amide bonds. The Balaban J connectivity index is 1.32. The highest BCUT2D eigenvalue weighted by Crippen LogP contribution is 2.31. The molecule has 0 aliphatic rings. The van der Waals surface area contributed by atoms with Crippen LogP contribution in [0.15, 0.2) is 84.9 Å². The van der Waals surface area contributed by atoms with E-state index < -0.39 is 0 Å². The lowest BCUT2D eigenvalue weighted by molar-refractivity contribution is -0.135. The number of phenolic OH excluding ortho intramolecular Hbond substituents is 1. The molecule has 0 bridgehead atoms. The topological polar surface area (TPSA) is 82.1 Å². The highest BCUT2D eigenvalue weighted by Gasteiger charge is 2.13. The first-order valence-corrected chi connectivity index (χ1v) is 12.8. The van der Waals surface area contributed by atoms with Crippen LogP contribution in [0.25, 0.3) is 11.1 Å². The van der Waals surface area contributed by atoms with Gasteiger partial charge in [-0.15, -0.1) is 0 Å². The lowest BCUT2D eigenvalue weighted by Gasteiger charge is -2.13. The van der Waals surface area contributed by atoms with Crippen molar-refractivity contribution in [3.8, 4) is 34.1 Å². The van der Waals surface area contributed by atoms with Crippen LogP contribution in [0.1, 0.15) is 35.1 Å². The number of carbonyl (C=O) groups excluding carboxylic acids is 2. The number of rotatable bonds is 10. The monoisotopic (exact) mass is 524 g/mol. The van der Waals surface area contributed by atoms with Crippen LogP contribution in [0.2, 0.25) is 0 Å². The molecule has 0 saturated heterocycles. The van der Waals surface area contributed by atoms with Gasteiger partial charge in [-0.05, 0) is 109 Å². The summed E-state index contributed by atoms with van der Waals surface area (Å²) in [5, 5.41) is 9.37. The highest BCUT2D eigenvalue weighted by atomic mass is 16.5. The quantitative estimate of drug-likeness (QED) is 0.182. The fraction of sp³-hybridized carbons (Fsp3) is 0.212. The molecule has 0 spiro atoms. The maximum atomic E-state index is 12.5. The fourth-order valence-corrected chi connectivity index (χ4v) is 4.29. The van der Waals surface area contributed by atoms with Crippen molar-refractivity contribution in [2.75, 3.05) is 7.11 Å². The lowest BCUT2D eigenvalue weighted by Crippen LogP contribution is -2.11. The van der Waals surface area contributed by atoms with Crippen molar-refractivity contribution >= 4 is 11.9 Å². The summed E-state index contributed by atoms with van der Waals surface area (Å²) in [5.74, 6) is 1.44. The van der Waals surface area contributed by atoms with Gasteiger partial charge >= 0.3 is 11.9 Å². The van der Waals surface area contributed by atoms with E-state index in [-0.39, 0.29) is 30.5 Å². The maximum Gasteiger partial charge on any atom is 0.311 e. The molecule has 39 heavy (non-hydrogen) atoms. The van der Waals surface area contributed by atoms with Crippen molar-refractivity contribution in [3.63, 3.8) is 0 Å². The Labute approximate surface area is 228 Å². The summed E-state index contributed by atoms with van der Waals surface area (Å²) >= 11 is 0. The number of carbonyl (C=O) groups is 2. The van der Waals surface area contributed by atoms with E-state index in [0.717, 1.165) is 39.1 Å². The number of phenols is 1. The van der Waals surface area contributed by atoms with Gasteiger partial charge in [0.25, 0.3) is 0 Å². The molecule has 0 aromatic heterocycles. The van der Waals surface area contributed by atoms with E-state index in [9.17, 15) is 14.7 Å². The van der Waals surface area contributed by atoms with Crippen LogP contribution in [-0.4, -0.2) is 24.2 Å². The van der Waals surface area contributed by atoms with Crippen molar-refractivity contribution in [1.82, 2.24) is 0 Å². The second-order valence-electron chi connectivity index (χ2n) is 9.43. The third-order valence-corrected chi connectivity index (χ3v) is 6.43. The highest BCUT2D eigenvalue weighted by molar-refractivity contribution is 5.76. The minimum Gasteiger partial charge on any atom is -0.508 e. The number of aryl methyl sites for hydroxylation is 4. The smallest absolute Gasteiger partial charge is 0.311 e. The van der Waals surface area contributed by atoms with Crippen LogP contribution in [0, 0.1) is 13.8 Å². The van der Waals surface area contributed by atoms with Crippen molar-refractivity contribution in [1.29, 1.82) is 0 Å². The number of hydrogen-bond acceptors (Lipinski definition) is 6. The van der Waals surface area contributed by atoms with Gasteiger partial charge in [-0.25, -0.2) is 0 Å². The molecule has 4 rings (SSSR count). The number of hydrogen-bond donors (Lipinski definition) is 1. The van der Waals surface area contributed by atoms with Crippen molar-refractivity contribution < 1.29 is 28.9 Å². The molecule has 4 aromatic rings. The average Bonchev–Trinajstić information content (AvgIpc) is 2.94. The van der Waals surface area contributed by atoms with Crippen molar-refractivity contribution in [2.45, 2.75) is 39.5 Å². The first kappa shape index (κ1) is 27.5. The molecule has 0 fully saturated rings. The summed E-state index contributed by atoms with van der Waals surface area (Å²) in [7, 11) is 1.62. The molecule has 6 nitrogen and oxygen atoms in total. The Morgan fingerprint density at radius 1 is 0.641 bits per heavy atom. The zero-order chi connectivity index (χ0) is 27.8. The van der Waals surface area contributed by atoms with Crippen molar-refractivity contribution in [2.24, 2.45) is 0 Å². The fourth-order valence-electron chi connectivity index (χ4n) is 4.29. The van der Waals surface area contributed by atoms with E-state index in [1.165, 1.54) is 0 Å². The first-order valence-electron chi connectivity index (χ1n) is 12.8. The summed E-state index contributed by atoms with van der Waals surface area (Å²) in [5.41, 5.74) is 5.68. The zero-order valence-corrected chi connectivity index (χ0v) is 22.4. The minimum atomic E-state index is -0.319. The molecule has 0 heterocycles. The summed E-state index contributed by atoms with van der Waals surface area (Å²) in [6.07, 6.45) is 1.65.